The van der Waals surface area contributed by atoms with Crippen LogP contribution in [0, 0.1) is 0 Å². The molecular formula is C50H28N4O. The van der Waals surface area contributed by atoms with E-state index >= 15 is 0 Å². The van der Waals surface area contributed by atoms with Crippen LogP contribution in [0.15, 0.2) is 174 Å². The lowest BCUT2D eigenvalue weighted by Gasteiger charge is -2.10. The molecule has 0 saturated heterocycles. The maximum atomic E-state index is 6.47. The summed E-state index contributed by atoms with van der Waals surface area (Å²) in [4.78, 5) is 10.2. The molecule has 5 heteroatoms. The monoisotopic (exact) mass is 700 g/mol. The minimum atomic E-state index is 0.676. The van der Waals surface area contributed by atoms with Crippen molar-refractivity contribution >= 4 is 92.7 Å². The molecule has 0 bridgehead atoms. The van der Waals surface area contributed by atoms with E-state index in [0.717, 1.165) is 39.0 Å². The van der Waals surface area contributed by atoms with Gasteiger partial charge in [0.15, 0.2) is 11.4 Å². The smallest absolute Gasteiger partial charge is 0.180 e. The molecule has 5 nitrogen and oxygen atoms in total. The minimum absolute atomic E-state index is 0.676. The average Bonchev–Trinajstić information content (AvgIpc) is 3.99. The predicted octanol–water partition coefficient (Wildman–Crippen LogP) is 13.1. The predicted molar refractivity (Wildman–Crippen MR) is 227 cm³/mol. The van der Waals surface area contributed by atoms with E-state index in [1.165, 1.54) is 70.7 Å². The molecule has 5 aromatic heterocycles. The maximum Gasteiger partial charge on any atom is 0.180 e. The van der Waals surface area contributed by atoms with E-state index < -0.39 is 0 Å². The van der Waals surface area contributed by atoms with Crippen LogP contribution >= 0.6 is 0 Å². The zero-order chi connectivity index (χ0) is 35.8. The molecule has 0 amide bonds. The Hall–Kier alpha value is -7.50. The Bertz CT molecular complexity index is 3700. The molecule has 0 aliphatic carbocycles. The summed E-state index contributed by atoms with van der Waals surface area (Å²) in [5.41, 5.74) is 12.3. The van der Waals surface area contributed by atoms with Gasteiger partial charge in [0.2, 0.25) is 0 Å². The van der Waals surface area contributed by atoms with Gasteiger partial charge < -0.3 is 13.4 Å². The first-order valence-electron chi connectivity index (χ1n) is 18.7. The van der Waals surface area contributed by atoms with E-state index in [-0.39, 0.29) is 0 Å². The first-order valence-corrected chi connectivity index (χ1v) is 18.7. The van der Waals surface area contributed by atoms with Gasteiger partial charge in [0.1, 0.15) is 16.8 Å². The third kappa shape index (κ3) is 3.81. The van der Waals surface area contributed by atoms with Gasteiger partial charge in [-0.25, -0.2) is 9.97 Å². The second-order valence-corrected chi connectivity index (χ2v) is 14.5. The second-order valence-electron chi connectivity index (χ2n) is 14.5. The van der Waals surface area contributed by atoms with Gasteiger partial charge in [-0.3, -0.25) is 0 Å². The first-order chi connectivity index (χ1) is 27.3. The summed E-state index contributed by atoms with van der Waals surface area (Å²) in [6.07, 6.45) is 0. The van der Waals surface area contributed by atoms with E-state index in [0.29, 0.717) is 11.4 Å². The largest absolute Gasteiger partial charge is 0.452 e. The van der Waals surface area contributed by atoms with Crippen molar-refractivity contribution in [3.63, 3.8) is 0 Å². The molecule has 0 unspecified atom stereocenters. The maximum absolute atomic E-state index is 6.47. The van der Waals surface area contributed by atoms with Crippen LogP contribution < -0.4 is 0 Å². The number of furan rings is 1. The molecule has 0 atom stereocenters. The van der Waals surface area contributed by atoms with Crippen LogP contribution in [0.2, 0.25) is 0 Å². The third-order valence-corrected chi connectivity index (χ3v) is 11.6. The Morgan fingerprint density at radius 1 is 0.436 bits per heavy atom. The number of para-hydroxylation sites is 3. The Labute approximate surface area is 313 Å². The van der Waals surface area contributed by atoms with Gasteiger partial charge in [-0.2, -0.15) is 0 Å². The standard InChI is InChI=1S/C50H28N4O/c1-2-13-31(14-3-1)50-51-45(49-46(52-50)37-18-8-11-21-42(37)55-49)30-22-25-32(26-23-30)53-39-19-9-6-16-35(39)43-41(53)28-38-34-27-24-29-12-4-5-15-33(29)47(34)54-40-20-10-7-17-36(40)44(43)48(38)54/h1-28H. The highest BCUT2D eigenvalue weighted by Gasteiger charge is 2.25. The SMILES string of the molecule is c1ccc(-c2nc(-c3ccc(-n4c5ccccc5c5c6c7ccccc7n7c8c9ccccc9ccc8c(cc54)c67)cc3)c3oc4ccccc4c3n2)cc1. The van der Waals surface area contributed by atoms with Crippen molar-refractivity contribution in [2.45, 2.75) is 0 Å². The Balaban J connectivity index is 1.10. The van der Waals surface area contributed by atoms with E-state index in [1.54, 1.807) is 0 Å². The first kappa shape index (κ1) is 29.0. The van der Waals surface area contributed by atoms with Crippen molar-refractivity contribution < 1.29 is 4.42 Å². The summed E-state index contributed by atoms with van der Waals surface area (Å²) in [6.45, 7) is 0. The second kappa shape index (κ2) is 10.6. The highest BCUT2D eigenvalue weighted by atomic mass is 16.3. The number of nitrogens with zero attached hydrogens (tertiary/aromatic N) is 4. The number of hydrogen-bond donors (Lipinski definition) is 0. The number of hydrogen-bond acceptors (Lipinski definition) is 3. The van der Waals surface area contributed by atoms with Gasteiger partial charge in [-0.1, -0.05) is 127 Å². The van der Waals surface area contributed by atoms with E-state index in [2.05, 4.69) is 142 Å². The molecule has 5 heterocycles. The number of benzene rings is 8. The molecule has 0 saturated carbocycles. The van der Waals surface area contributed by atoms with Crippen LogP contribution in [-0.2, 0) is 0 Å². The summed E-state index contributed by atoms with van der Waals surface area (Å²) >= 11 is 0. The van der Waals surface area contributed by atoms with Crippen LogP contribution in [0.25, 0.3) is 121 Å². The van der Waals surface area contributed by atoms with Crippen LogP contribution in [0.5, 0.6) is 0 Å². The summed E-state index contributed by atoms with van der Waals surface area (Å²) in [7, 11) is 0. The van der Waals surface area contributed by atoms with Crippen molar-refractivity contribution in [2.75, 3.05) is 0 Å². The summed E-state index contributed by atoms with van der Waals surface area (Å²) < 4.78 is 11.4. The summed E-state index contributed by atoms with van der Waals surface area (Å²) in [5, 5.41) is 11.1. The van der Waals surface area contributed by atoms with E-state index in [9.17, 15) is 0 Å². The number of fused-ring (bicyclic) bond motifs is 15. The summed E-state index contributed by atoms with van der Waals surface area (Å²) in [5.74, 6) is 0.676. The van der Waals surface area contributed by atoms with E-state index in [1.807, 2.05) is 36.4 Å². The van der Waals surface area contributed by atoms with Crippen LogP contribution in [-0.4, -0.2) is 18.9 Å². The highest BCUT2D eigenvalue weighted by Crippen LogP contribution is 2.48. The van der Waals surface area contributed by atoms with Gasteiger partial charge in [0, 0.05) is 59.9 Å². The van der Waals surface area contributed by atoms with Crippen LogP contribution in [0.4, 0.5) is 0 Å². The molecule has 254 valence electrons. The fourth-order valence-electron chi connectivity index (χ4n) is 9.31. The van der Waals surface area contributed by atoms with Gasteiger partial charge in [0.25, 0.3) is 0 Å². The molecule has 13 aromatic rings. The Kier molecular flexibility index (Phi) is 5.57. The van der Waals surface area contributed by atoms with E-state index in [4.69, 9.17) is 14.4 Å². The molecule has 0 N–H and O–H groups in total. The quantitative estimate of drug-likeness (QED) is 0.184. The normalized spacial score (nSPS) is 12.4. The van der Waals surface area contributed by atoms with Gasteiger partial charge in [-0.15, -0.1) is 0 Å². The zero-order valence-electron chi connectivity index (χ0n) is 29.4. The third-order valence-electron chi connectivity index (χ3n) is 11.6. The lowest BCUT2D eigenvalue weighted by Crippen LogP contribution is -1.96. The molecule has 55 heavy (non-hydrogen) atoms. The van der Waals surface area contributed by atoms with Gasteiger partial charge >= 0.3 is 0 Å². The lowest BCUT2D eigenvalue weighted by atomic mass is 10.0. The fourth-order valence-corrected chi connectivity index (χ4v) is 9.31. The zero-order valence-corrected chi connectivity index (χ0v) is 29.4. The average molecular weight is 701 g/mol. The molecule has 13 rings (SSSR count). The molecule has 0 spiro atoms. The van der Waals surface area contributed by atoms with Crippen molar-refractivity contribution in [2.24, 2.45) is 0 Å². The van der Waals surface area contributed by atoms with Crippen LogP contribution in [0.1, 0.15) is 0 Å². The molecule has 0 fully saturated rings. The molecule has 0 radical (unpaired) electrons. The van der Waals surface area contributed by atoms with Gasteiger partial charge in [0.05, 0.1) is 27.6 Å². The highest BCUT2D eigenvalue weighted by molar-refractivity contribution is 6.37. The van der Waals surface area contributed by atoms with Crippen molar-refractivity contribution in [1.29, 1.82) is 0 Å². The summed E-state index contributed by atoms with van der Waals surface area (Å²) in [6, 6.07) is 60.5. The van der Waals surface area contributed by atoms with Crippen molar-refractivity contribution in [1.82, 2.24) is 18.9 Å². The van der Waals surface area contributed by atoms with Crippen molar-refractivity contribution in [3.05, 3.63) is 170 Å². The Morgan fingerprint density at radius 3 is 1.96 bits per heavy atom. The topological polar surface area (TPSA) is 48.3 Å². The number of aromatic nitrogens is 4. The number of rotatable bonds is 3. The molecule has 8 aromatic carbocycles. The lowest BCUT2D eigenvalue weighted by molar-refractivity contribution is 0.667. The fraction of sp³-hybridized carbons (Fsp3) is 0. The molecular weight excluding hydrogens is 673 g/mol. The van der Waals surface area contributed by atoms with Crippen molar-refractivity contribution in [3.8, 4) is 28.3 Å². The van der Waals surface area contributed by atoms with Gasteiger partial charge in [-0.05, 0) is 47.9 Å². The molecule has 0 aliphatic heterocycles. The van der Waals surface area contributed by atoms with Crippen LogP contribution in [0.3, 0.4) is 0 Å². The molecule has 0 aliphatic rings. The minimum Gasteiger partial charge on any atom is -0.452 e. The Morgan fingerprint density at radius 2 is 1.13 bits per heavy atom.